The maximum atomic E-state index is 12.5. The first-order chi connectivity index (χ1) is 16.4. The van der Waals surface area contributed by atoms with Gasteiger partial charge < -0.3 is 34.2 Å². The third-order valence-corrected chi connectivity index (χ3v) is 11.1. The lowest BCUT2D eigenvalue weighted by atomic mass is 9.98. The summed E-state index contributed by atoms with van der Waals surface area (Å²) in [4.78, 5) is 15.3. The second-order valence-corrected chi connectivity index (χ2v) is 14.9. The van der Waals surface area contributed by atoms with Crippen LogP contribution >= 0.6 is 0 Å². The van der Waals surface area contributed by atoms with Crippen LogP contribution in [0.5, 0.6) is 0 Å². The molecule has 0 radical (unpaired) electrons. The molecule has 12 heteroatoms. The van der Waals surface area contributed by atoms with Crippen molar-refractivity contribution in [3.05, 3.63) is 46.3 Å². The molecule has 1 aliphatic heterocycles. The summed E-state index contributed by atoms with van der Waals surface area (Å²) in [6.45, 7) is 10.4. The fraction of sp³-hybridized carbons (Fsp3) is 0.696. The van der Waals surface area contributed by atoms with Gasteiger partial charge in [-0.05, 0) is 36.3 Å². The molecule has 1 heterocycles. The number of nitrogens with zero attached hydrogens (tertiary/aromatic N) is 3. The van der Waals surface area contributed by atoms with Crippen molar-refractivity contribution in [1.82, 2.24) is 5.32 Å². The predicted molar refractivity (Wildman–Crippen MR) is 132 cm³/mol. The lowest BCUT2D eigenvalue weighted by molar-refractivity contribution is -0.265. The number of carbonyl (C=O) groups excluding carboxylic acids is 1. The molecule has 3 unspecified atom stereocenters. The van der Waals surface area contributed by atoms with E-state index in [9.17, 15) is 15.0 Å². The zero-order valence-corrected chi connectivity index (χ0v) is 22.2. The summed E-state index contributed by atoms with van der Waals surface area (Å²) in [7, 11) is -0.573. The molecule has 1 aromatic rings. The van der Waals surface area contributed by atoms with Crippen LogP contribution in [0.1, 0.15) is 26.3 Å². The first-order valence-electron chi connectivity index (χ1n) is 11.6. The first-order valence-corrected chi connectivity index (χ1v) is 14.5. The molecule has 0 amide bonds. The molecule has 0 spiro atoms. The van der Waals surface area contributed by atoms with Crippen LogP contribution in [0.4, 0.5) is 0 Å². The molecule has 0 aromatic heterocycles. The van der Waals surface area contributed by atoms with E-state index < -0.39 is 51.0 Å². The van der Waals surface area contributed by atoms with Crippen LogP contribution in [-0.2, 0) is 30.0 Å². The minimum Gasteiger partial charge on any atom is -0.460 e. The second-order valence-electron chi connectivity index (χ2n) is 10.1. The molecule has 2 rings (SSSR count). The van der Waals surface area contributed by atoms with Crippen LogP contribution in [0.25, 0.3) is 10.4 Å². The second kappa shape index (κ2) is 12.8. The van der Waals surface area contributed by atoms with Gasteiger partial charge in [0.25, 0.3) is 0 Å². The van der Waals surface area contributed by atoms with Crippen LogP contribution in [0.2, 0.25) is 18.1 Å². The molecule has 6 atom stereocenters. The highest BCUT2D eigenvalue weighted by molar-refractivity contribution is 6.74. The van der Waals surface area contributed by atoms with Gasteiger partial charge in [-0.1, -0.05) is 56.2 Å². The van der Waals surface area contributed by atoms with Gasteiger partial charge in [0.2, 0.25) is 0 Å². The molecular weight excluding hydrogens is 472 g/mol. The van der Waals surface area contributed by atoms with Gasteiger partial charge in [0.05, 0.1) is 19.3 Å². The molecule has 0 aliphatic carbocycles. The number of nitrogens with one attached hydrogen (secondary N) is 1. The molecular formula is C23H38N4O7Si. The van der Waals surface area contributed by atoms with E-state index in [2.05, 4.69) is 49.2 Å². The zero-order chi connectivity index (χ0) is 26.2. The van der Waals surface area contributed by atoms with Crippen LogP contribution in [0.3, 0.4) is 0 Å². The van der Waals surface area contributed by atoms with E-state index in [0.29, 0.717) is 0 Å². The summed E-state index contributed by atoms with van der Waals surface area (Å²) in [5.41, 5.74) is 9.79. The largest absolute Gasteiger partial charge is 0.460 e. The number of hydrogen-bond acceptors (Lipinski definition) is 9. The number of carbonyl (C=O) groups is 1. The third-order valence-electron chi connectivity index (χ3n) is 6.55. The summed E-state index contributed by atoms with van der Waals surface area (Å²) in [5.74, 6) is -0.536. The van der Waals surface area contributed by atoms with Crippen LogP contribution in [0, 0.1) is 0 Å². The number of hydrogen-bond donors (Lipinski definition) is 3. The number of rotatable bonds is 11. The van der Waals surface area contributed by atoms with Gasteiger partial charge in [0, 0.05) is 4.91 Å². The highest BCUT2D eigenvalue weighted by Gasteiger charge is 2.46. The monoisotopic (exact) mass is 510 g/mol. The molecule has 196 valence electrons. The number of benzene rings is 1. The van der Waals surface area contributed by atoms with Crippen molar-refractivity contribution >= 4 is 14.3 Å². The standard InChI is InChI=1S/C23H38N4O7Si/c1-23(2,3)35(5,6)33-14-17-19(28)20(29)18(26-27-24)22(34-17)32-13-16(25-4)21(30)31-12-15-10-8-7-9-11-15/h7-11,16-20,22,25,28-29H,12-14H2,1-6H3/t16-,17?,18?,19?,20+,22+/m0/s1. The number of azide groups is 1. The Morgan fingerprint density at radius 1 is 1.26 bits per heavy atom. The Morgan fingerprint density at radius 3 is 2.49 bits per heavy atom. The molecule has 0 bridgehead atoms. The fourth-order valence-corrected chi connectivity index (χ4v) is 4.18. The van der Waals surface area contributed by atoms with Gasteiger partial charge in [0.15, 0.2) is 14.6 Å². The van der Waals surface area contributed by atoms with E-state index in [-0.39, 0.29) is 24.9 Å². The molecule has 35 heavy (non-hydrogen) atoms. The Balaban J connectivity index is 2.04. The van der Waals surface area contributed by atoms with Crippen molar-refractivity contribution in [2.24, 2.45) is 5.11 Å². The Kier molecular flexibility index (Phi) is 10.7. The minimum absolute atomic E-state index is 0.0339. The van der Waals surface area contributed by atoms with Gasteiger partial charge in [-0.2, -0.15) is 0 Å². The lowest BCUT2D eigenvalue weighted by Crippen LogP contribution is -2.60. The Labute approximate surface area is 207 Å². The average molecular weight is 511 g/mol. The zero-order valence-electron chi connectivity index (χ0n) is 21.2. The summed E-state index contributed by atoms with van der Waals surface area (Å²) in [6.07, 6.45) is -4.88. The van der Waals surface area contributed by atoms with E-state index in [4.69, 9.17) is 24.2 Å². The normalized spacial score (nSPS) is 26.0. The van der Waals surface area contributed by atoms with Gasteiger partial charge in [0.1, 0.15) is 30.9 Å². The summed E-state index contributed by atoms with van der Waals surface area (Å²) in [5, 5.41) is 27.5. The molecule has 11 nitrogen and oxygen atoms in total. The number of ether oxygens (including phenoxy) is 3. The Morgan fingerprint density at radius 2 is 1.91 bits per heavy atom. The first kappa shape index (κ1) is 29.2. The van der Waals surface area contributed by atoms with Gasteiger partial charge in [-0.3, -0.25) is 4.79 Å². The predicted octanol–water partition coefficient (Wildman–Crippen LogP) is 2.48. The molecule has 1 fully saturated rings. The molecule has 3 N–H and O–H groups in total. The third kappa shape index (κ3) is 7.99. The lowest BCUT2D eigenvalue weighted by Gasteiger charge is -2.43. The smallest absolute Gasteiger partial charge is 0.325 e. The number of likely N-dealkylation sites (N-methyl/N-ethyl adjacent to an activating group) is 1. The van der Waals surface area contributed by atoms with E-state index in [0.717, 1.165) is 5.56 Å². The number of esters is 1. The van der Waals surface area contributed by atoms with E-state index in [1.807, 2.05) is 30.3 Å². The summed E-state index contributed by atoms with van der Waals surface area (Å²) >= 11 is 0. The van der Waals surface area contributed by atoms with Gasteiger partial charge >= 0.3 is 5.97 Å². The van der Waals surface area contributed by atoms with E-state index in [1.165, 1.54) is 0 Å². The Bertz CT molecular complexity index is 861. The molecule has 0 saturated carbocycles. The quantitative estimate of drug-likeness (QED) is 0.135. The van der Waals surface area contributed by atoms with E-state index >= 15 is 0 Å². The molecule has 1 aromatic carbocycles. The topological polar surface area (TPSA) is 155 Å². The summed E-state index contributed by atoms with van der Waals surface area (Å²) < 4.78 is 23.1. The van der Waals surface area contributed by atoms with Crippen molar-refractivity contribution in [3.8, 4) is 0 Å². The van der Waals surface area contributed by atoms with Crippen molar-refractivity contribution in [3.63, 3.8) is 0 Å². The van der Waals surface area contributed by atoms with Gasteiger partial charge in [-0.15, -0.1) is 0 Å². The minimum atomic E-state index is -2.16. The van der Waals surface area contributed by atoms with Crippen molar-refractivity contribution in [1.29, 1.82) is 0 Å². The summed E-state index contributed by atoms with van der Waals surface area (Å²) in [6, 6.07) is 7.22. The maximum Gasteiger partial charge on any atom is 0.325 e. The Hall–Kier alpha value is -2.02. The number of aliphatic hydroxyl groups excluding tert-OH is 2. The van der Waals surface area contributed by atoms with Crippen molar-refractivity contribution in [2.75, 3.05) is 20.3 Å². The van der Waals surface area contributed by atoms with Crippen LogP contribution < -0.4 is 5.32 Å². The van der Waals surface area contributed by atoms with Crippen molar-refractivity contribution in [2.45, 2.75) is 82.2 Å². The highest BCUT2D eigenvalue weighted by atomic mass is 28.4. The van der Waals surface area contributed by atoms with Crippen molar-refractivity contribution < 1.29 is 33.6 Å². The maximum absolute atomic E-state index is 12.5. The van der Waals surface area contributed by atoms with Crippen LogP contribution in [-0.4, -0.2) is 81.4 Å². The molecule has 1 saturated heterocycles. The highest BCUT2D eigenvalue weighted by Crippen LogP contribution is 2.37. The van der Waals surface area contributed by atoms with Gasteiger partial charge in [-0.25, -0.2) is 0 Å². The number of aliphatic hydroxyl groups is 2. The van der Waals surface area contributed by atoms with Crippen LogP contribution in [0.15, 0.2) is 35.4 Å². The van der Waals surface area contributed by atoms with E-state index in [1.54, 1.807) is 7.05 Å². The average Bonchev–Trinajstić information content (AvgIpc) is 2.81. The fourth-order valence-electron chi connectivity index (χ4n) is 3.17. The SMILES string of the molecule is CN[C@@H](CO[C@@H]1OC(CO[Si](C)(C)C(C)(C)C)C(O)[C@H](O)C1N=[N+]=[N-])C(=O)OCc1ccccc1. The molecule has 1 aliphatic rings.